The Hall–Kier alpha value is -1.73. The lowest BCUT2D eigenvalue weighted by Crippen LogP contribution is -1.96. The number of hydrogen-bond acceptors (Lipinski definition) is 1. The zero-order valence-electron chi connectivity index (χ0n) is 16.1. The first-order valence-corrected chi connectivity index (χ1v) is 10.3. The summed E-state index contributed by atoms with van der Waals surface area (Å²) in [6.45, 7) is 5.23. The second-order valence-electron chi connectivity index (χ2n) is 6.77. The van der Waals surface area contributed by atoms with Gasteiger partial charge in [0.25, 0.3) is 0 Å². The smallest absolute Gasteiger partial charge is 0.119 e. The monoisotopic (exact) mass is 370 g/mol. The molecule has 1 nitrogen and oxygen atoms in total. The Morgan fingerprint density at radius 3 is 2.19 bits per heavy atom. The molecule has 0 bridgehead atoms. The second-order valence-corrected chi connectivity index (χ2v) is 7.18. The van der Waals surface area contributed by atoms with Crippen molar-refractivity contribution in [3.05, 3.63) is 65.2 Å². The molecule has 0 heterocycles. The summed E-state index contributed by atoms with van der Waals surface area (Å²) in [7, 11) is 0. The molecule has 0 aromatic heterocycles. The fraction of sp³-hybridized carbons (Fsp3) is 0.417. The fourth-order valence-electron chi connectivity index (χ4n) is 2.82. The molecule has 0 saturated heterocycles. The van der Waals surface area contributed by atoms with Crippen LogP contribution >= 0.6 is 11.6 Å². The Morgan fingerprint density at radius 1 is 0.846 bits per heavy atom. The van der Waals surface area contributed by atoms with Crippen molar-refractivity contribution >= 4 is 22.7 Å². The number of rotatable bonds is 11. The van der Waals surface area contributed by atoms with E-state index in [4.69, 9.17) is 16.3 Å². The van der Waals surface area contributed by atoms with Crippen LogP contribution in [-0.2, 0) is 6.42 Å². The maximum Gasteiger partial charge on any atom is 0.119 e. The molecular weight excluding hydrogens is 340 g/mol. The first kappa shape index (κ1) is 20.6. The first-order chi connectivity index (χ1) is 12.7. The van der Waals surface area contributed by atoms with Gasteiger partial charge in [-0.05, 0) is 54.2 Å². The first-order valence-electron chi connectivity index (χ1n) is 9.92. The number of aryl methyl sites for hydroxylation is 1. The summed E-state index contributed by atoms with van der Waals surface area (Å²) >= 11 is 6.50. The molecule has 0 aliphatic carbocycles. The molecule has 2 aromatic carbocycles. The van der Waals surface area contributed by atoms with E-state index < -0.39 is 0 Å². The Balaban J connectivity index is 1.89. The molecule has 2 rings (SSSR count). The van der Waals surface area contributed by atoms with Gasteiger partial charge in [0.1, 0.15) is 5.75 Å². The van der Waals surface area contributed by atoms with Gasteiger partial charge < -0.3 is 4.74 Å². The summed E-state index contributed by atoms with van der Waals surface area (Å²) in [5, 5.41) is 0.764. The van der Waals surface area contributed by atoms with Gasteiger partial charge in [0, 0.05) is 5.03 Å². The van der Waals surface area contributed by atoms with E-state index >= 15 is 0 Å². The van der Waals surface area contributed by atoms with E-state index in [-0.39, 0.29) is 0 Å². The minimum atomic E-state index is 0.764. The maximum atomic E-state index is 6.50. The van der Waals surface area contributed by atoms with Gasteiger partial charge in [-0.2, -0.15) is 0 Å². The van der Waals surface area contributed by atoms with Crippen molar-refractivity contribution in [2.24, 2.45) is 0 Å². The van der Waals surface area contributed by atoms with Crippen molar-refractivity contribution in [1.82, 2.24) is 0 Å². The summed E-state index contributed by atoms with van der Waals surface area (Å²) in [6.07, 6.45) is 10.5. The summed E-state index contributed by atoms with van der Waals surface area (Å²) in [4.78, 5) is 0. The molecule has 0 saturated carbocycles. The van der Waals surface area contributed by atoms with Gasteiger partial charge in [0.05, 0.1) is 6.61 Å². The Kier molecular flexibility index (Phi) is 9.34. The zero-order chi connectivity index (χ0) is 18.6. The van der Waals surface area contributed by atoms with Crippen LogP contribution < -0.4 is 4.74 Å². The van der Waals surface area contributed by atoms with Crippen molar-refractivity contribution < 1.29 is 4.74 Å². The largest absolute Gasteiger partial charge is 0.494 e. The molecule has 0 amide bonds. The van der Waals surface area contributed by atoms with Crippen LogP contribution in [0.5, 0.6) is 5.75 Å². The highest BCUT2D eigenvalue weighted by Crippen LogP contribution is 2.24. The molecule has 0 N–H and O–H groups in total. The average Bonchev–Trinajstić information content (AvgIpc) is 2.68. The quantitative estimate of drug-likeness (QED) is 0.290. The van der Waals surface area contributed by atoms with E-state index in [0.717, 1.165) is 41.4 Å². The molecule has 0 spiro atoms. The number of ether oxygens (including phenoxy) is 1. The Morgan fingerprint density at radius 2 is 1.54 bits per heavy atom. The van der Waals surface area contributed by atoms with E-state index in [1.54, 1.807) is 0 Å². The van der Waals surface area contributed by atoms with Gasteiger partial charge in [-0.25, -0.2) is 0 Å². The van der Waals surface area contributed by atoms with Crippen LogP contribution in [0.1, 0.15) is 69.1 Å². The van der Waals surface area contributed by atoms with Crippen LogP contribution in [0.25, 0.3) is 11.1 Å². The number of halogens is 1. The predicted octanol–water partition coefficient (Wildman–Crippen LogP) is 7.73. The molecule has 140 valence electrons. The van der Waals surface area contributed by atoms with E-state index in [9.17, 15) is 0 Å². The molecule has 0 fully saturated rings. The van der Waals surface area contributed by atoms with E-state index in [1.165, 1.54) is 37.7 Å². The molecule has 0 unspecified atom stereocenters. The van der Waals surface area contributed by atoms with Gasteiger partial charge in [0.15, 0.2) is 0 Å². The number of benzene rings is 2. The van der Waals surface area contributed by atoms with Crippen molar-refractivity contribution in [3.63, 3.8) is 0 Å². The van der Waals surface area contributed by atoms with Crippen molar-refractivity contribution in [1.29, 1.82) is 0 Å². The average molecular weight is 371 g/mol. The lowest BCUT2D eigenvalue weighted by atomic mass is 10.1. The van der Waals surface area contributed by atoms with Gasteiger partial charge >= 0.3 is 0 Å². The fourth-order valence-corrected chi connectivity index (χ4v) is 3.07. The van der Waals surface area contributed by atoms with Crippen LogP contribution in [0.15, 0.2) is 48.5 Å². The molecule has 0 aliphatic heterocycles. The molecule has 0 aliphatic rings. The van der Waals surface area contributed by atoms with Crippen molar-refractivity contribution in [2.75, 3.05) is 6.61 Å². The van der Waals surface area contributed by atoms with Crippen LogP contribution in [0, 0.1) is 0 Å². The third-order valence-corrected chi connectivity index (χ3v) is 4.82. The predicted molar refractivity (Wildman–Crippen MR) is 115 cm³/mol. The number of unbranched alkanes of at least 4 members (excludes halogenated alkanes) is 4. The normalized spacial score (nSPS) is 11.6. The van der Waals surface area contributed by atoms with Gasteiger partial charge in [-0.3, -0.25) is 0 Å². The molecule has 2 aromatic rings. The summed E-state index contributed by atoms with van der Waals surface area (Å²) in [6, 6.07) is 16.7. The van der Waals surface area contributed by atoms with Gasteiger partial charge in [-0.15, -0.1) is 0 Å². The van der Waals surface area contributed by atoms with Gasteiger partial charge in [-0.1, -0.05) is 87.5 Å². The minimum absolute atomic E-state index is 0.764. The Labute approximate surface area is 164 Å². The van der Waals surface area contributed by atoms with Crippen molar-refractivity contribution in [2.45, 2.75) is 58.8 Å². The summed E-state index contributed by atoms with van der Waals surface area (Å²) in [5.74, 6) is 0.926. The summed E-state index contributed by atoms with van der Waals surface area (Å²) in [5.41, 5.74) is 3.52. The highest BCUT2D eigenvalue weighted by atomic mass is 35.5. The third-order valence-electron chi connectivity index (χ3n) is 4.49. The summed E-state index contributed by atoms with van der Waals surface area (Å²) < 4.78 is 5.79. The van der Waals surface area contributed by atoms with E-state index in [1.807, 2.05) is 18.2 Å². The zero-order valence-corrected chi connectivity index (χ0v) is 16.9. The Bertz CT molecular complexity index is 656. The van der Waals surface area contributed by atoms with E-state index in [0.29, 0.717) is 0 Å². The van der Waals surface area contributed by atoms with Crippen molar-refractivity contribution in [3.8, 4) is 5.75 Å². The van der Waals surface area contributed by atoms with Gasteiger partial charge in [0.2, 0.25) is 0 Å². The standard InChI is InChI=1S/C24H31ClO/c1-3-5-7-8-18-26-23-16-12-21(13-17-23)19-24(25)22-14-10-20(11-15-22)9-6-4-2/h10-17,19H,3-9,18H2,1-2H3/b24-19-. The molecule has 0 radical (unpaired) electrons. The number of hydrogen-bond donors (Lipinski definition) is 0. The maximum absolute atomic E-state index is 6.50. The molecule has 0 atom stereocenters. The second kappa shape index (κ2) is 11.8. The highest BCUT2D eigenvalue weighted by molar-refractivity contribution is 6.51. The van der Waals surface area contributed by atoms with Crippen LogP contribution in [0.4, 0.5) is 0 Å². The van der Waals surface area contributed by atoms with E-state index in [2.05, 4.69) is 50.2 Å². The highest BCUT2D eigenvalue weighted by Gasteiger charge is 2.01. The lowest BCUT2D eigenvalue weighted by molar-refractivity contribution is 0.305. The third kappa shape index (κ3) is 7.25. The SMILES string of the molecule is CCCCCCOc1ccc(/C=C(\Cl)c2ccc(CCCC)cc2)cc1. The topological polar surface area (TPSA) is 9.23 Å². The molecular formula is C24H31ClO. The lowest BCUT2D eigenvalue weighted by Gasteiger charge is -2.07. The molecule has 26 heavy (non-hydrogen) atoms. The van der Waals surface area contributed by atoms with Crippen LogP contribution in [0.2, 0.25) is 0 Å². The molecule has 2 heteroatoms. The van der Waals surface area contributed by atoms with Crippen LogP contribution in [0.3, 0.4) is 0 Å². The van der Waals surface area contributed by atoms with Crippen LogP contribution in [-0.4, -0.2) is 6.61 Å². The minimum Gasteiger partial charge on any atom is -0.494 e.